The lowest BCUT2D eigenvalue weighted by Gasteiger charge is -2.32. The number of likely N-dealkylation sites (tertiary alicyclic amines) is 2. The first-order chi connectivity index (χ1) is 35.0. The second-order valence-electron chi connectivity index (χ2n) is 19.0. The summed E-state index contributed by atoms with van der Waals surface area (Å²) in [5.74, 6) is 0.880. The maximum Gasteiger partial charge on any atom is 0.471 e. The third-order valence-electron chi connectivity index (χ3n) is 14.2. The zero-order valence-electron chi connectivity index (χ0n) is 41.5. The van der Waals surface area contributed by atoms with E-state index in [1.165, 1.54) is 9.80 Å². The molecule has 398 valence electrons. The lowest BCUT2D eigenvalue weighted by Crippen LogP contribution is -2.57. The van der Waals surface area contributed by atoms with Gasteiger partial charge in [0, 0.05) is 40.0 Å². The van der Waals surface area contributed by atoms with E-state index in [0.29, 0.717) is 25.7 Å². The Bertz CT molecular complexity index is 2430. The number of likely N-dealkylation sites (N-methyl/N-ethyl adjacent to an activating group) is 2. The van der Waals surface area contributed by atoms with Gasteiger partial charge in [0.25, 0.3) is 0 Å². The van der Waals surface area contributed by atoms with Crippen molar-refractivity contribution >= 4 is 47.3 Å². The highest BCUT2D eigenvalue weighted by Gasteiger charge is 2.46. The first kappa shape index (κ1) is 56.2. The molecule has 4 N–H and O–H groups in total. The molecule has 2 heterocycles. The van der Waals surface area contributed by atoms with Crippen LogP contribution < -0.4 is 21.3 Å². The Morgan fingerprint density at radius 3 is 1.31 bits per heavy atom. The van der Waals surface area contributed by atoms with E-state index in [2.05, 4.69) is 44.9 Å². The Morgan fingerprint density at radius 2 is 0.946 bits per heavy atom. The lowest BCUT2D eigenvalue weighted by molar-refractivity contribution is -0.186. The van der Waals surface area contributed by atoms with Crippen molar-refractivity contribution in [1.29, 1.82) is 0 Å². The number of rotatable bonds is 14. The molecule has 0 radical (unpaired) electrons. The molecule has 6 rings (SSSR count). The zero-order valence-corrected chi connectivity index (χ0v) is 41.5. The maximum atomic E-state index is 14.3. The van der Waals surface area contributed by atoms with Crippen LogP contribution in [0.5, 0.6) is 0 Å². The lowest BCUT2D eigenvalue weighted by atomic mass is 9.87. The summed E-state index contributed by atoms with van der Waals surface area (Å²) < 4.78 is 80.0. The highest BCUT2D eigenvalue weighted by atomic mass is 19.4. The second-order valence-corrected chi connectivity index (χ2v) is 19.0. The molecule has 16 nitrogen and oxygen atoms in total. The minimum atomic E-state index is -5.31. The number of fused-ring (bicyclic) bond motifs is 2. The van der Waals surface area contributed by atoms with Crippen LogP contribution in [0.3, 0.4) is 0 Å². The molecule has 74 heavy (non-hydrogen) atoms. The molecule has 0 saturated carbocycles. The van der Waals surface area contributed by atoms with Crippen LogP contribution >= 0.6 is 0 Å². The van der Waals surface area contributed by atoms with Gasteiger partial charge in [0.15, 0.2) is 0 Å². The molecule has 8 amide bonds. The van der Waals surface area contributed by atoms with E-state index in [9.17, 15) is 64.7 Å². The molecule has 2 saturated heterocycles. The van der Waals surface area contributed by atoms with Crippen LogP contribution in [-0.4, -0.2) is 143 Å². The van der Waals surface area contributed by atoms with Crippen molar-refractivity contribution in [2.24, 2.45) is 0 Å². The minimum Gasteiger partial charge on any atom is -0.347 e. The molecule has 2 fully saturated rings. The van der Waals surface area contributed by atoms with Crippen molar-refractivity contribution < 1.29 is 64.7 Å². The molecule has 0 bridgehead atoms. The molecule has 0 spiro atoms. The number of aryl methyl sites for hydroxylation is 2. The van der Waals surface area contributed by atoms with Crippen molar-refractivity contribution in [2.75, 3.05) is 27.2 Å². The Kier molecular flexibility index (Phi) is 18.4. The molecule has 0 aromatic heterocycles. The van der Waals surface area contributed by atoms with E-state index in [1.807, 2.05) is 48.5 Å². The fraction of sp³-hybridized carbons (Fsp3) is 0.538. The Morgan fingerprint density at radius 1 is 0.581 bits per heavy atom. The fourth-order valence-electron chi connectivity index (χ4n) is 9.83. The molecular formula is C52H60F6N8O8. The predicted octanol–water partition coefficient (Wildman–Crippen LogP) is 3.93. The topological polar surface area (TPSA) is 198 Å². The van der Waals surface area contributed by atoms with Gasteiger partial charge in [-0.05, 0) is 112 Å². The van der Waals surface area contributed by atoms with Crippen LogP contribution in [0.2, 0.25) is 0 Å². The standard InChI is InChI=1S/C52H60F6N8O8/c1-31(63(3)49(73)51(53,54)55)43(67)61-39(47(71)65-29-15-27-41(65)45(69)59-37-25-13-19-33-17-9-11-21-35(33)37)23-7-5-6-8-24-40(62-44(68)32(2)64(4)50(74)52(56,57)58)48(72)66-30-16-28-42(66)46(70)60-38-26-14-20-34-18-10-12-22-36(34)38/h9-12,17-18,21-22,31-32,37-42H,13-16,19-20,23-30H2,1-4H3,(H,59,69)(H,60,70)(H,61,67)(H,62,68)/t31-,32-,37+,38+,39-,40-,41-,42-/m0/s1. The zero-order chi connectivity index (χ0) is 54.1. The molecule has 4 aliphatic rings. The maximum absolute atomic E-state index is 14.3. The van der Waals surface area contributed by atoms with Gasteiger partial charge in [-0.25, -0.2) is 0 Å². The van der Waals surface area contributed by atoms with Gasteiger partial charge in [-0.1, -0.05) is 60.4 Å². The van der Waals surface area contributed by atoms with E-state index in [1.54, 1.807) is 0 Å². The van der Waals surface area contributed by atoms with Crippen molar-refractivity contribution in [3.05, 3.63) is 70.8 Å². The van der Waals surface area contributed by atoms with Crippen LogP contribution in [-0.2, 0) is 51.2 Å². The molecule has 22 heteroatoms. The van der Waals surface area contributed by atoms with Gasteiger partial charge in [-0.2, -0.15) is 26.3 Å². The van der Waals surface area contributed by atoms with Gasteiger partial charge in [0.1, 0.15) is 36.3 Å². The number of nitrogens with one attached hydrogen (secondary N) is 4. The molecular weight excluding hydrogens is 979 g/mol. The van der Waals surface area contributed by atoms with Crippen molar-refractivity contribution in [2.45, 2.75) is 152 Å². The average Bonchev–Trinajstić information content (AvgIpc) is 4.08. The summed E-state index contributed by atoms with van der Waals surface area (Å²) in [5.41, 5.74) is 4.09. The van der Waals surface area contributed by atoms with E-state index in [-0.39, 0.29) is 47.8 Å². The summed E-state index contributed by atoms with van der Waals surface area (Å²) in [6.45, 7) is 2.24. The van der Waals surface area contributed by atoms with Crippen LogP contribution in [0, 0.1) is 23.7 Å². The Balaban J connectivity index is 1.21. The minimum absolute atomic E-state index is 0.0911. The van der Waals surface area contributed by atoms with E-state index < -0.39 is 109 Å². The Hall–Kier alpha value is -7.10. The highest BCUT2D eigenvalue weighted by molar-refractivity contribution is 5.96. The number of amides is 8. The summed E-state index contributed by atoms with van der Waals surface area (Å²) in [4.78, 5) is 110. The van der Waals surface area contributed by atoms with Gasteiger partial charge in [-0.3, -0.25) is 38.4 Å². The van der Waals surface area contributed by atoms with Crippen LogP contribution in [0.15, 0.2) is 48.5 Å². The normalized spacial score (nSPS) is 20.8. The van der Waals surface area contributed by atoms with Crippen LogP contribution in [0.25, 0.3) is 0 Å². The third kappa shape index (κ3) is 13.5. The SMILES string of the molecule is C[C@@H](C(=O)N[C@@H](CC#CC#CC[C@H](NC(=O)[C@H](C)N(C)C(=O)C(F)(F)F)C(=O)N1CCC[C@H]1C(=O)N[C@@H]1CCCc2ccccc21)C(=O)N1CCC[C@H]1C(=O)N[C@@H]1CCCc2ccccc21)N(C)C(=O)C(F)(F)F. The number of hydrogen-bond donors (Lipinski definition) is 4. The van der Waals surface area contributed by atoms with Crippen molar-refractivity contribution in [3.8, 4) is 23.7 Å². The molecule has 2 aromatic carbocycles. The molecule has 2 aromatic rings. The summed E-state index contributed by atoms with van der Waals surface area (Å²) >= 11 is 0. The number of nitrogens with zero attached hydrogens (tertiary/aromatic N) is 4. The van der Waals surface area contributed by atoms with Gasteiger partial charge < -0.3 is 40.9 Å². The largest absolute Gasteiger partial charge is 0.471 e. The highest BCUT2D eigenvalue weighted by Crippen LogP contribution is 2.32. The summed E-state index contributed by atoms with van der Waals surface area (Å²) in [5, 5.41) is 10.9. The predicted molar refractivity (Wildman–Crippen MR) is 255 cm³/mol. The van der Waals surface area contributed by atoms with Crippen molar-refractivity contribution in [1.82, 2.24) is 40.9 Å². The Labute approximate surface area is 425 Å². The first-order valence-corrected chi connectivity index (χ1v) is 24.6. The monoisotopic (exact) mass is 1040 g/mol. The summed E-state index contributed by atoms with van der Waals surface area (Å²) in [7, 11) is 1.54. The molecule has 0 unspecified atom stereocenters. The summed E-state index contributed by atoms with van der Waals surface area (Å²) in [6.07, 6.45) is -5.64. The molecule has 2 aliphatic carbocycles. The van der Waals surface area contributed by atoms with Crippen molar-refractivity contribution in [3.63, 3.8) is 0 Å². The quantitative estimate of drug-likeness (QED) is 0.161. The number of hydrogen-bond acceptors (Lipinski definition) is 8. The number of benzene rings is 2. The summed E-state index contributed by atoms with van der Waals surface area (Å²) in [6, 6.07) is 6.19. The second kappa shape index (κ2) is 24.3. The van der Waals surface area contributed by atoms with E-state index in [4.69, 9.17) is 0 Å². The average molecular weight is 1040 g/mol. The fourth-order valence-corrected chi connectivity index (χ4v) is 9.83. The number of alkyl halides is 6. The van der Waals surface area contributed by atoms with E-state index in [0.717, 1.165) is 75.9 Å². The van der Waals surface area contributed by atoms with Gasteiger partial charge in [0.05, 0.1) is 12.1 Å². The van der Waals surface area contributed by atoms with Gasteiger partial charge >= 0.3 is 24.2 Å². The molecule has 2 aliphatic heterocycles. The number of halogens is 6. The number of carbonyl (C=O) groups excluding carboxylic acids is 8. The smallest absolute Gasteiger partial charge is 0.347 e. The van der Waals surface area contributed by atoms with Gasteiger partial charge in [0.2, 0.25) is 35.4 Å². The third-order valence-corrected chi connectivity index (χ3v) is 14.2. The first-order valence-electron chi connectivity index (χ1n) is 24.6. The van der Waals surface area contributed by atoms with Crippen LogP contribution in [0.4, 0.5) is 26.3 Å². The van der Waals surface area contributed by atoms with Gasteiger partial charge in [-0.15, -0.1) is 0 Å². The number of carbonyl (C=O) groups is 8. The molecule has 8 atom stereocenters. The van der Waals surface area contributed by atoms with E-state index >= 15 is 0 Å². The van der Waals surface area contributed by atoms with Crippen LogP contribution in [0.1, 0.15) is 112 Å².